The number of carbonyl (C=O) groups excluding carboxylic acids is 1. The summed E-state index contributed by atoms with van der Waals surface area (Å²) in [5.41, 5.74) is 4.88. The molecule has 0 radical (unpaired) electrons. The van der Waals surface area contributed by atoms with Gasteiger partial charge in [-0.05, 0) is 18.1 Å². The molecule has 1 atom stereocenters. The fraction of sp³-hybridized carbons (Fsp3) is 0.174. The molecule has 0 aliphatic carbocycles. The number of hydrogen-bond donors (Lipinski definition) is 1. The molecule has 1 aliphatic rings. The molecule has 1 unspecified atom stereocenters. The number of nitrogens with zero attached hydrogens (tertiary/aromatic N) is 2. The zero-order valence-corrected chi connectivity index (χ0v) is 16.7. The quantitative estimate of drug-likeness (QED) is 0.714. The van der Waals surface area contributed by atoms with Gasteiger partial charge in [0.1, 0.15) is 11.2 Å². The van der Waals surface area contributed by atoms with E-state index in [1.165, 1.54) is 18.7 Å². The van der Waals surface area contributed by atoms with Gasteiger partial charge in [0.05, 0.1) is 5.56 Å². The molecule has 2 aromatic carbocycles. The van der Waals surface area contributed by atoms with Gasteiger partial charge in [0.15, 0.2) is 0 Å². The topological polar surface area (TPSA) is 96.3 Å². The molecule has 0 saturated heterocycles. The van der Waals surface area contributed by atoms with Crippen LogP contribution in [0.25, 0.3) is 5.76 Å². The Morgan fingerprint density at radius 1 is 0.967 bits per heavy atom. The van der Waals surface area contributed by atoms with Crippen LogP contribution in [0.1, 0.15) is 16.7 Å². The molecule has 7 nitrogen and oxygen atoms in total. The number of rotatable bonds is 4. The molecule has 2 N–H and O–H groups in total. The van der Waals surface area contributed by atoms with Crippen molar-refractivity contribution in [2.75, 3.05) is 0 Å². The minimum atomic E-state index is -1.49. The summed E-state index contributed by atoms with van der Waals surface area (Å²) in [6, 6.07) is 18.5. The second-order valence-electron chi connectivity index (χ2n) is 7.36. The first-order valence-electron chi connectivity index (χ1n) is 9.45. The molecular formula is C23H21N3O4. The predicted octanol–water partition coefficient (Wildman–Crippen LogP) is 1.48. The van der Waals surface area contributed by atoms with Crippen molar-refractivity contribution in [3.05, 3.63) is 104 Å². The summed E-state index contributed by atoms with van der Waals surface area (Å²) in [5, 5.41) is 0. The van der Waals surface area contributed by atoms with Crippen LogP contribution >= 0.6 is 0 Å². The van der Waals surface area contributed by atoms with Crippen molar-refractivity contribution in [3.63, 3.8) is 0 Å². The average molecular weight is 403 g/mol. The summed E-state index contributed by atoms with van der Waals surface area (Å²) in [6.45, 7) is 0. The molecule has 0 saturated carbocycles. The monoisotopic (exact) mass is 403 g/mol. The third kappa shape index (κ3) is 2.95. The van der Waals surface area contributed by atoms with E-state index in [-0.39, 0.29) is 17.9 Å². The van der Waals surface area contributed by atoms with E-state index >= 15 is 0 Å². The van der Waals surface area contributed by atoms with E-state index in [1.54, 1.807) is 6.08 Å². The Morgan fingerprint density at radius 2 is 1.57 bits per heavy atom. The first-order valence-corrected chi connectivity index (χ1v) is 9.45. The Morgan fingerprint density at radius 3 is 2.17 bits per heavy atom. The van der Waals surface area contributed by atoms with Gasteiger partial charge in [-0.15, -0.1) is 0 Å². The van der Waals surface area contributed by atoms with Crippen molar-refractivity contribution < 1.29 is 9.53 Å². The van der Waals surface area contributed by atoms with Crippen molar-refractivity contribution in [2.45, 2.75) is 11.8 Å². The minimum Gasteiger partial charge on any atom is -0.440 e. The van der Waals surface area contributed by atoms with E-state index in [9.17, 15) is 14.4 Å². The number of ether oxygens (including phenoxy) is 1. The summed E-state index contributed by atoms with van der Waals surface area (Å²) in [5.74, 6) is -0.305. The van der Waals surface area contributed by atoms with Crippen molar-refractivity contribution in [1.82, 2.24) is 9.13 Å². The predicted molar refractivity (Wildman–Crippen MR) is 113 cm³/mol. The highest BCUT2D eigenvalue weighted by Gasteiger charge is 2.47. The Hall–Kier alpha value is -3.87. The van der Waals surface area contributed by atoms with Crippen LogP contribution in [0.4, 0.5) is 0 Å². The standard InChI is InChI=1S/C23H21N3O4/c1-25-19(27)18-20(26(2)22(25)29)30-17(16-11-7-4-8-12-16)14-23(18,21(24)28)13-15-9-5-3-6-10-15/h3-12,14H,13H2,1-2H3,(H2,24,28). The van der Waals surface area contributed by atoms with Crippen molar-refractivity contribution in [2.24, 2.45) is 19.8 Å². The van der Waals surface area contributed by atoms with Gasteiger partial charge in [-0.25, -0.2) is 4.79 Å². The molecule has 0 fully saturated rings. The van der Waals surface area contributed by atoms with Gasteiger partial charge < -0.3 is 10.5 Å². The third-order valence-corrected chi connectivity index (χ3v) is 5.46. The molecule has 152 valence electrons. The molecule has 0 bridgehead atoms. The zero-order valence-electron chi connectivity index (χ0n) is 16.7. The fourth-order valence-corrected chi connectivity index (χ4v) is 3.84. The molecule has 3 aromatic rings. The maximum atomic E-state index is 13.2. The Balaban J connectivity index is 2.08. The lowest BCUT2D eigenvalue weighted by Crippen LogP contribution is -2.51. The number of carbonyl (C=O) groups is 1. The van der Waals surface area contributed by atoms with Crippen LogP contribution in [0.2, 0.25) is 0 Å². The van der Waals surface area contributed by atoms with E-state index < -0.39 is 22.6 Å². The molecule has 4 rings (SSSR count). The summed E-state index contributed by atoms with van der Waals surface area (Å²) < 4.78 is 8.21. The van der Waals surface area contributed by atoms with Gasteiger partial charge >= 0.3 is 5.69 Å². The number of aromatic nitrogens is 2. The summed E-state index contributed by atoms with van der Waals surface area (Å²) in [7, 11) is 2.87. The lowest BCUT2D eigenvalue weighted by molar-refractivity contribution is -0.122. The molecule has 0 spiro atoms. The normalized spacial score (nSPS) is 17.6. The maximum absolute atomic E-state index is 13.2. The van der Waals surface area contributed by atoms with E-state index in [1.807, 2.05) is 60.7 Å². The van der Waals surface area contributed by atoms with E-state index in [0.29, 0.717) is 11.3 Å². The van der Waals surface area contributed by atoms with Crippen LogP contribution in [0, 0.1) is 0 Å². The van der Waals surface area contributed by atoms with Crippen LogP contribution in [-0.4, -0.2) is 15.0 Å². The fourth-order valence-electron chi connectivity index (χ4n) is 3.84. The summed E-state index contributed by atoms with van der Waals surface area (Å²) in [6.07, 6.45) is 1.76. The highest BCUT2D eigenvalue weighted by atomic mass is 16.5. The Labute approximate surface area is 172 Å². The maximum Gasteiger partial charge on any atom is 0.333 e. The van der Waals surface area contributed by atoms with Gasteiger partial charge in [-0.2, -0.15) is 0 Å². The number of primary amides is 1. The van der Waals surface area contributed by atoms with Crippen molar-refractivity contribution >= 4 is 11.7 Å². The molecule has 7 heteroatoms. The minimum absolute atomic E-state index is 0.0270. The molecule has 1 aromatic heterocycles. The number of fused-ring (bicyclic) bond motifs is 1. The summed E-state index contributed by atoms with van der Waals surface area (Å²) >= 11 is 0. The average Bonchev–Trinajstić information content (AvgIpc) is 2.76. The van der Waals surface area contributed by atoms with Gasteiger partial charge in [-0.1, -0.05) is 60.7 Å². The number of amides is 1. The third-order valence-electron chi connectivity index (χ3n) is 5.46. The number of nitrogens with two attached hydrogens (primary N) is 1. The van der Waals surface area contributed by atoms with E-state index in [0.717, 1.165) is 10.1 Å². The largest absolute Gasteiger partial charge is 0.440 e. The lowest BCUT2D eigenvalue weighted by Gasteiger charge is -2.34. The number of benzene rings is 2. The Bertz CT molecular complexity index is 1270. The van der Waals surface area contributed by atoms with Crippen molar-refractivity contribution in [3.8, 4) is 5.88 Å². The Kier molecular flexibility index (Phi) is 4.66. The molecule has 1 aliphatic heterocycles. The molecular weight excluding hydrogens is 382 g/mol. The van der Waals surface area contributed by atoms with Gasteiger partial charge in [-0.3, -0.25) is 18.7 Å². The van der Waals surface area contributed by atoms with Crippen LogP contribution in [0.3, 0.4) is 0 Å². The SMILES string of the molecule is Cn1c2c(c(=O)n(C)c1=O)C(Cc1ccccc1)(C(N)=O)C=C(c1ccccc1)O2. The van der Waals surface area contributed by atoms with Gasteiger partial charge in [0, 0.05) is 19.7 Å². The van der Waals surface area contributed by atoms with Crippen molar-refractivity contribution in [1.29, 1.82) is 0 Å². The van der Waals surface area contributed by atoms with Gasteiger partial charge in [0.25, 0.3) is 5.56 Å². The van der Waals surface area contributed by atoms with Crippen LogP contribution in [0.5, 0.6) is 5.88 Å². The first-order chi connectivity index (χ1) is 14.3. The highest BCUT2D eigenvalue weighted by molar-refractivity contribution is 5.93. The molecule has 30 heavy (non-hydrogen) atoms. The van der Waals surface area contributed by atoms with E-state index in [2.05, 4.69) is 0 Å². The van der Waals surface area contributed by atoms with Crippen LogP contribution < -0.4 is 21.7 Å². The highest BCUT2D eigenvalue weighted by Crippen LogP contribution is 2.41. The van der Waals surface area contributed by atoms with Crippen LogP contribution in [0.15, 0.2) is 76.3 Å². The molecule has 2 heterocycles. The lowest BCUT2D eigenvalue weighted by atomic mass is 9.73. The smallest absolute Gasteiger partial charge is 0.333 e. The number of hydrogen-bond acceptors (Lipinski definition) is 4. The zero-order chi connectivity index (χ0) is 21.5. The molecule has 1 amide bonds. The van der Waals surface area contributed by atoms with Gasteiger partial charge in [0.2, 0.25) is 11.8 Å². The second kappa shape index (κ2) is 7.18. The van der Waals surface area contributed by atoms with E-state index in [4.69, 9.17) is 10.5 Å². The first kappa shape index (κ1) is 19.4. The van der Waals surface area contributed by atoms with Crippen LogP contribution in [-0.2, 0) is 30.7 Å². The summed E-state index contributed by atoms with van der Waals surface area (Å²) in [4.78, 5) is 38.7. The second-order valence-corrected chi connectivity index (χ2v) is 7.36.